The molecular formula is C15H18ClNO3S. The van der Waals surface area contributed by atoms with Crippen molar-refractivity contribution in [2.24, 2.45) is 0 Å². The number of carbonyl (C=O) groups excluding carboxylic acids is 1. The first kappa shape index (κ1) is 16.2. The Bertz CT molecular complexity index is 512. The average molecular weight is 328 g/mol. The lowest BCUT2D eigenvalue weighted by Crippen LogP contribution is -2.52. The number of carboxylic acids is 1. The standard InChI is InChI=1S/C15H18ClNO3S/c16-11-3-5-12(6-4-11)21-10-7-13(18)17-15(14(19)20)8-1-2-9-15/h3-6H,1-2,7-10H2,(H,17,18)(H,19,20). The Balaban J connectivity index is 1.79. The van der Waals surface area contributed by atoms with Crippen LogP contribution in [0, 0.1) is 0 Å². The number of aliphatic carboxylic acids is 1. The highest BCUT2D eigenvalue weighted by atomic mass is 35.5. The lowest BCUT2D eigenvalue weighted by atomic mass is 9.98. The quantitative estimate of drug-likeness (QED) is 0.786. The fraction of sp³-hybridized carbons (Fsp3) is 0.467. The number of carboxylic acid groups (broad SMARTS) is 1. The van der Waals surface area contributed by atoms with Gasteiger partial charge in [-0.2, -0.15) is 0 Å². The molecule has 1 amide bonds. The fourth-order valence-electron chi connectivity index (χ4n) is 2.49. The van der Waals surface area contributed by atoms with Gasteiger partial charge in [0.25, 0.3) is 0 Å². The monoisotopic (exact) mass is 327 g/mol. The molecule has 0 aromatic heterocycles. The molecule has 0 atom stereocenters. The number of amides is 1. The number of nitrogens with one attached hydrogen (secondary N) is 1. The van der Waals surface area contributed by atoms with Crippen molar-refractivity contribution in [3.05, 3.63) is 29.3 Å². The Morgan fingerprint density at radius 3 is 2.43 bits per heavy atom. The van der Waals surface area contributed by atoms with Gasteiger partial charge in [0, 0.05) is 22.1 Å². The van der Waals surface area contributed by atoms with Crippen molar-refractivity contribution >= 4 is 35.2 Å². The summed E-state index contributed by atoms with van der Waals surface area (Å²) in [6.45, 7) is 0. The first-order chi connectivity index (χ1) is 10.0. The molecule has 0 spiro atoms. The molecule has 4 nitrogen and oxygen atoms in total. The Kier molecular flexibility index (Phi) is 5.53. The summed E-state index contributed by atoms with van der Waals surface area (Å²) >= 11 is 7.36. The van der Waals surface area contributed by atoms with E-state index in [2.05, 4.69) is 5.32 Å². The van der Waals surface area contributed by atoms with Gasteiger partial charge in [0.2, 0.25) is 5.91 Å². The lowest BCUT2D eigenvalue weighted by Gasteiger charge is -2.25. The molecule has 1 fully saturated rings. The molecule has 1 aliphatic carbocycles. The summed E-state index contributed by atoms with van der Waals surface area (Å²) in [5, 5.41) is 12.7. The van der Waals surface area contributed by atoms with Gasteiger partial charge in [-0.3, -0.25) is 4.79 Å². The van der Waals surface area contributed by atoms with Crippen molar-refractivity contribution in [1.29, 1.82) is 0 Å². The Morgan fingerprint density at radius 1 is 1.24 bits per heavy atom. The van der Waals surface area contributed by atoms with E-state index in [1.165, 1.54) is 0 Å². The number of rotatable bonds is 6. The van der Waals surface area contributed by atoms with Crippen LogP contribution in [0.15, 0.2) is 29.2 Å². The second kappa shape index (κ2) is 7.18. The van der Waals surface area contributed by atoms with Crippen molar-refractivity contribution in [3.63, 3.8) is 0 Å². The maximum atomic E-state index is 11.9. The zero-order valence-electron chi connectivity index (χ0n) is 11.6. The normalized spacial score (nSPS) is 16.6. The summed E-state index contributed by atoms with van der Waals surface area (Å²) in [6.07, 6.45) is 3.07. The summed E-state index contributed by atoms with van der Waals surface area (Å²) in [4.78, 5) is 24.3. The maximum Gasteiger partial charge on any atom is 0.329 e. The van der Waals surface area contributed by atoms with E-state index in [0.717, 1.165) is 17.7 Å². The maximum absolute atomic E-state index is 11.9. The minimum absolute atomic E-state index is 0.194. The SMILES string of the molecule is O=C(CCSc1ccc(Cl)cc1)NC1(C(=O)O)CCCC1. The van der Waals surface area contributed by atoms with Crippen LogP contribution in [0.3, 0.4) is 0 Å². The number of hydrogen-bond acceptors (Lipinski definition) is 3. The third kappa shape index (κ3) is 4.38. The minimum atomic E-state index is -1.04. The molecule has 6 heteroatoms. The fourth-order valence-corrected chi connectivity index (χ4v) is 3.47. The van der Waals surface area contributed by atoms with Crippen molar-refractivity contribution in [1.82, 2.24) is 5.32 Å². The van der Waals surface area contributed by atoms with Crippen LogP contribution in [0.1, 0.15) is 32.1 Å². The number of hydrogen-bond donors (Lipinski definition) is 2. The van der Waals surface area contributed by atoms with E-state index in [4.69, 9.17) is 11.6 Å². The van der Waals surface area contributed by atoms with Crippen LogP contribution < -0.4 is 5.32 Å². The van der Waals surface area contributed by atoms with Gasteiger partial charge >= 0.3 is 5.97 Å². The highest BCUT2D eigenvalue weighted by molar-refractivity contribution is 7.99. The molecule has 0 radical (unpaired) electrons. The third-order valence-electron chi connectivity index (χ3n) is 3.66. The van der Waals surface area contributed by atoms with Crippen molar-refractivity contribution in [3.8, 4) is 0 Å². The summed E-state index contributed by atoms with van der Waals surface area (Å²) in [6, 6.07) is 7.42. The first-order valence-corrected chi connectivity index (χ1v) is 8.31. The molecule has 2 rings (SSSR count). The molecule has 1 aromatic rings. The Hall–Kier alpha value is -1.20. The molecular weight excluding hydrogens is 310 g/mol. The number of thioether (sulfide) groups is 1. The molecule has 114 valence electrons. The second-order valence-electron chi connectivity index (χ2n) is 5.19. The molecule has 0 unspecified atom stereocenters. The van der Waals surface area contributed by atoms with Gasteiger partial charge in [-0.15, -0.1) is 11.8 Å². The predicted octanol–water partition coefficient (Wildman–Crippen LogP) is 3.34. The van der Waals surface area contributed by atoms with E-state index in [-0.39, 0.29) is 5.91 Å². The van der Waals surface area contributed by atoms with Gasteiger partial charge in [-0.1, -0.05) is 24.4 Å². The molecule has 1 aromatic carbocycles. The zero-order chi connectivity index (χ0) is 15.3. The van der Waals surface area contributed by atoms with Crippen LogP contribution in [-0.2, 0) is 9.59 Å². The first-order valence-electron chi connectivity index (χ1n) is 6.95. The second-order valence-corrected chi connectivity index (χ2v) is 6.80. The van der Waals surface area contributed by atoms with Crippen LogP contribution in [0.2, 0.25) is 5.02 Å². The number of halogens is 1. The van der Waals surface area contributed by atoms with Crippen LogP contribution >= 0.6 is 23.4 Å². The van der Waals surface area contributed by atoms with E-state index in [9.17, 15) is 14.7 Å². The number of benzene rings is 1. The molecule has 0 bridgehead atoms. The summed E-state index contributed by atoms with van der Waals surface area (Å²) in [5.74, 6) is -0.497. The minimum Gasteiger partial charge on any atom is -0.480 e. The highest BCUT2D eigenvalue weighted by Gasteiger charge is 2.42. The third-order valence-corrected chi connectivity index (χ3v) is 4.92. The van der Waals surface area contributed by atoms with Crippen molar-refractivity contribution < 1.29 is 14.7 Å². The zero-order valence-corrected chi connectivity index (χ0v) is 13.2. The summed E-state index contributed by atoms with van der Waals surface area (Å²) < 4.78 is 0. The van der Waals surface area contributed by atoms with Crippen LogP contribution in [0.25, 0.3) is 0 Å². The van der Waals surface area contributed by atoms with Gasteiger partial charge in [-0.05, 0) is 37.1 Å². The van der Waals surface area contributed by atoms with Crippen LogP contribution in [0.5, 0.6) is 0 Å². The molecule has 2 N–H and O–H groups in total. The Labute approximate surface area is 133 Å². The molecule has 0 heterocycles. The van der Waals surface area contributed by atoms with E-state index in [1.807, 2.05) is 24.3 Å². The smallest absolute Gasteiger partial charge is 0.329 e. The van der Waals surface area contributed by atoms with Crippen LogP contribution in [-0.4, -0.2) is 28.3 Å². The number of carbonyl (C=O) groups is 2. The van der Waals surface area contributed by atoms with Crippen molar-refractivity contribution in [2.45, 2.75) is 42.5 Å². The molecule has 1 aliphatic rings. The topological polar surface area (TPSA) is 66.4 Å². The molecule has 21 heavy (non-hydrogen) atoms. The van der Waals surface area contributed by atoms with Crippen molar-refractivity contribution in [2.75, 3.05) is 5.75 Å². The Morgan fingerprint density at radius 2 is 1.86 bits per heavy atom. The highest BCUT2D eigenvalue weighted by Crippen LogP contribution is 2.30. The van der Waals surface area contributed by atoms with Gasteiger partial charge in [0.1, 0.15) is 5.54 Å². The van der Waals surface area contributed by atoms with Gasteiger partial charge < -0.3 is 10.4 Å². The predicted molar refractivity (Wildman–Crippen MR) is 83.8 cm³/mol. The molecule has 0 saturated heterocycles. The molecule has 1 saturated carbocycles. The summed E-state index contributed by atoms with van der Waals surface area (Å²) in [5.41, 5.74) is -1.04. The largest absolute Gasteiger partial charge is 0.480 e. The average Bonchev–Trinajstić information content (AvgIpc) is 2.91. The van der Waals surface area contributed by atoms with Crippen LogP contribution in [0.4, 0.5) is 0 Å². The van der Waals surface area contributed by atoms with Gasteiger partial charge in [-0.25, -0.2) is 4.79 Å². The lowest BCUT2D eigenvalue weighted by molar-refractivity contribution is -0.147. The van der Waals surface area contributed by atoms with E-state index in [0.29, 0.717) is 30.0 Å². The van der Waals surface area contributed by atoms with Gasteiger partial charge in [0.05, 0.1) is 0 Å². The van der Waals surface area contributed by atoms with E-state index < -0.39 is 11.5 Å². The van der Waals surface area contributed by atoms with E-state index in [1.54, 1.807) is 11.8 Å². The van der Waals surface area contributed by atoms with Gasteiger partial charge in [0.15, 0.2) is 0 Å². The summed E-state index contributed by atoms with van der Waals surface area (Å²) in [7, 11) is 0. The molecule has 0 aliphatic heterocycles. The van der Waals surface area contributed by atoms with E-state index >= 15 is 0 Å².